The monoisotopic (exact) mass is 491 g/mol. The Balaban J connectivity index is 5.48. The van der Waals surface area contributed by atoms with Crippen LogP contribution in [0.15, 0.2) is 0 Å². The SMILES string of the molecule is CCC(C)C(N)C(=O)NC(CCCCN)C(=O)NC(CCSC)C(=O)NC(C(=O)O)C(C)O. The molecule has 0 rings (SSSR count). The number of aliphatic hydroxyl groups excluding tert-OH is 1. The lowest BCUT2D eigenvalue weighted by Crippen LogP contribution is -2.58. The molecule has 0 heterocycles. The zero-order valence-corrected chi connectivity index (χ0v) is 20.8. The highest BCUT2D eigenvalue weighted by Crippen LogP contribution is 2.09. The fourth-order valence-corrected chi connectivity index (χ4v) is 3.43. The molecule has 0 saturated carbocycles. The van der Waals surface area contributed by atoms with E-state index in [4.69, 9.17) is 11.5 Å². The molecule has 0 aromatic heterocycles. The van der Waals surface area contributed by atoms with Crippen LogP contribution < -0.4 is 27.4 Å². The van der Waals surface area contributed by atoms with E-state index < -0.39 is 54.0 Å². The van der Waals surface area contributed by atoms with Gasteiger partial charge >= 0.3 is 5.97 Å². The third-order valence-electron chi connectivity index (χ3n) is 5.43. The molecule has 192 valence electrons. The number of carbonyl (C=O) groups excluding carboxylic acids is 3. The Labute approximate surface area is 200 Å². The van der Waals surface area contributed by atoms with Crippen LogP contribution in [0.4, 0.5) is 0 Å². The molecule has 0 aromatic carbocycles. The Hall–Kier alpha value is -1.89. The van der Waals surface area contributed by atoms with Crippen molar-refractivity contribution in [1.29, 1.82) is 0 Å². The van der Waals surface area contributed by atoms with Gasteiger partial charge in [-0.2, -0.15) is 11.8 Å². The summed E-state index contributed by atoms with van der Waals surface area (Å²) in [5.41, 5.74) is 11.5. The highest BCUT2D eigenvalue weighted by Gasteiger charge is 2.32. The Morgan fingerprint density at radius 1 is 0.939 bits per heavy atom. The lowest BCUT2D eigenvalue weighted by molar-refractivity contribution is -0.145. The van der Waals surface area contributed by atoms with E-state index in [9.17, 15) is 29.4 Å². The molecule has 0 bridgehead atoms. The maximum absolute atomic E-state index is 13.0. The summed E-state index contributed by atoms with van der Waals surface area (Å²) in [6, 6.07) is -4.25. The zero-order valence-electron chi connectivity index (χ0n) is 20.0. The molecule has 33 heavy (non-hydrogen) atoms. The average Bonchev–Trinajstić information content (AvgIpc) is 2.77. The largest absolute Gasteiger partial charge is 0.480 e. The summed E-state index contributed by atoms with van der Waals surface area (Å²) in [5, 5.41) is 26.4. The molecular weight excluding hydrogens is 450 g/mol. The van der Waals surface area contributed by atoms with Gasteiger partial charge in [-0.3, -0.25) is 14.4 Å². The summed E-state index contributed by atoms with van der Waals surface area (Å²) >= 11 is 1.45. The number of nitrogens with two attached hydrogens (primary N) is 2. The lowest BCUT2D eigenvalue weighted by Gasteiger charge is -2.26. The van der Waals surface area contributed by atoms with Crippen molar-refractivity contribution in [3.63, 3.8) is 0 Å². The molecule has 11 nitrogen and oxygen atoms in total. The van der Waals surface area contributed by atoms with Gasteiger partial charge in [0, 0.05) is 0 Å². The number of hydrogen-bond acceptors (Lipinski definition) is 8. The number of carbonyl (C=O) groups is 4. The minimum Gasteiger partial charge on any atom is -0.480 e. The highest BCUT2D eigenvalue weighted by molar-refractivity contribution is 7.98. The third kappa shape index (κ3) is 11.7. The molecule has 6 unspecified atom stereocenters. The van der Waals surface area contributed by atoms with Crippen molar-refractivity contribution in [2.45, 2.75) is 83.1 Å². The van der Waals surface area contributed by atoms with Crippen LogP contribution in [-0.2, 0) is 19.2 Å². The third-order valence-corrected chi connectivity index (χ3v) is 6.07. The molecule has 0 spiro atoms. The maximum atomic E-state index is 13.0. The molecule has 0 fully saturated rings. The number of hydrogen-bond donors (Lipinski definition) is 7. The summed E-state index contributed by atoms with van der Waals surface area (Å²) in [4.78, 5) is 49.6. The van der Waals surface area contributed by atoms with Crippen molar-refractivity contribution in [3.05, 3.63) is 0 Å². The second-order valence-electron chi connectivity index (χ2n) is 8.16. The van der Waals surface area contributed by atoms with Crippen LogP contribution in [0, 0.1) is 5.92 Å². The van der Waals surface area contributed by atoms with E-state index in [0.717, 1.165) is 0 Å². The summed E-state index contributed by atoms with van der Waals surface area (Å²) in [5.74, 6) is -2.70. The summed E-state index contributed by atoms with van der Waals surface area (Å²) < 4.78 is 0. The van der Waals surface area contributed by atoms with Crippen LogP contribution >= 0.6 is 11.8 Å². The molecule has 0 aliphatic rings. The van der Waals surface area contributed by atoms with Gasteiger partial charge in [-0.15, -0.1) is 0 Å². The molecule has 0 saturated heterocycles. The van der Waals surface area contributed by atoms with Crippen LogP contribution in [0.25, 0.3) is 0 Å². The second-order valence-corrected chi connectivity index (χ2v) is 9.15. The van der Waals surface area contributed by atoms with Crippen LogP contribution in [-0.4, -0.2) is 82.7 Å². The first-order chi connectivity index (χ1) is 15.5. The van der Waals surface area contributed by atoms with E-state index in [1.807, 2.05) is 20.1 Å². The van der Waals surface area contributed by atoms with E-state index in [-0.39, 0.29) is 12.3 Å². The average molecular weight is 492 g/mol. The van der Waals surface area contributed by atoms with Crippen molar-refractivity contribution in [2.24, 2.45) is 17.4 Å². The van der Waals surface area contributed by atoms with E-state index in [1.54, 1.807) is 0 Å². The Kier molecular flexibility index (Phi) is 15.7. The van der Waals surface area contributed by atoms with Gasteiger partial charge < -0.3 is 37.6 Å². The molecule has 0 aromatic rings. The molecule has 3 amide bonds. The molecule has 0 radical (unpaired) electrons. The molecule has 0 aliphatic carbocycles. The Morgan fingerprint density at radius 3 is 1.97 bits per heavy atom. The minimum atomic E-state index is -1.51. The predicted octanol–water partition coefficient (Wildman–Crippen LogP) is -0.838. The number of aliphatic hydroxyl groups is 1. The quantitative estimate of drug-likeness (QED) is 0.127. The maximum Gasteiger partial charge on any atom is 0.328 e. The van der Waals surface area contributed by atoms with Crippen molar-refractivity contribution >= 4 is 35.5 Å². The van der Waals surface area contributed by atoms with Gasteiger partial charge in [0.2, 0.25) is 17.7 Å². The van der Waals surface area contributed by atoms with E-state index in [0.29, 0.717) is 38.0 Å². The molecule has 9 N–H and O–H groups in total. The Bertz CT molecular complexity index is 636. The first kappa shape index (κ1) is 31.1. The standard InChI is InChI=1S/C21H41N5O6S/c1-5-12(2)16(23)20(30)25-14(8-6-7-10-22)18(28)24-15(9-11-33-4)19(29)26-17(13(3)27)21(31)32/h12-17,27H,5-11,22-23H2,1-4H3,(H,24,28)(H,25,30)(H,26,29)(H,31,32). The highest BCUT2D eigenvalue weighted by atomic mass is 32.2. The number of carboxylic acids is 1. The normalized spacial score (nSPS) is 16.6. The molecule has 12 heteroatoms. The number of rotatable bonds is 17. The van der Waals surface area contributed by atoms with E-state index in [2.05, 4.69) is 16.0 Å². The van der Waals surface area contributed by atoms with Crippen molar-refractivity contribution in [3.8, 4) is 0 Å². The Morgan fingerprint density at radius 2 is 1.48 bits per heavy atom. The van der Waals surface area contributed by atoms with Crippen LogP contribution in [0.5, 0.6) is 0 Å². The predicted molar refractivity (Wildman–Crippen MR) is 128 cm³/mol. The zero-order chi connectivity index (χ0) is 25.6. The smallest absolute Gasteiger partial charge is 0.328 e. The molecule has 0 aliphatic heterocycles. The number of nitrogens with one attached hydrogen (secondary N) is 3. The summed E-state index contributed by atoms with van der Waals surface area (Å²) in [7, 11) is 0. The minimum absolute atomic E-state index is 0.0775. The first-order valence-corrected chi connectivity index (χ1v) is 12.7. The number of amides is 3. The lowest BCUT2D eigenvalue weighted by atomic mass is 9.98. The fourth-order valence-electron chi connectivity index (χ4n) is 2.96. The van der Waals surface area contributed by atoms with Crippen LogP contribution in [0.1, 0.15) is 52.9 Å². The number of unbranched alkanes of at least 4 members (excludes halogenated alkanes) is 1. The van der Waals surface area contributed by atoms with Crippen LogP contribution in [0.2, 0.25) is 0 Å². The van der Waals surface area contributed by atoms with Crippen molar-refractivity contribution in [2.75, 3.05) is 18.6 Å². The molecule has 6 atom stereocenters. The molecular formula is C21H41N5O6S. The fraction of sp³-hybridized carbons (Fsp3) is 0.810. The number of aliphatic carboxylic acids is 1. The number of carboxylic acid groups (broad SMARTS) is 1. The summed E-state index contributed by atoms with van der Waals surface area (Å²) in [6.45, 7) is 5.44. The van der Waals surface area contributed by atoms with E-state index in [1.165, 1.54) is 18.7 Å². The van der Waals surface area contributed by atoms with E-state index >= 15 is 0 Å². The van der Waals surface area contributed by atoms with Crippen LogP contribution in [0.3, 0.4) is 0 Å². The first-order valence-electron chi connectivity index (χ1n) is 11.3. The topological polar surface area (TPSA) is 197 Å². The number of thioether (sulfide) groups is 1. The van der Waals surface area contributed by atoms with Gasteiger partial charge in [0.05, 0.1) is 12.1 Å². The van der Waals surface area contributed by atoms with Gasteiger partial charge in [-0.05, 0) is 57.1 Å². The van der Waals surface area contributed by atoms with Gasteiger partial charge in [0.25, 0.3) is 0 Å². The van der Waals surface area contributed by atoms with Gasteiger partial charge in [-0.1, -0.05) is 20.3 Å². The second kappa shape index (κ2) is 16.7. The van der Waals surface area contributed by atoms with Gasteiger partial charge in [-0.25, -0.2) is 4.79 Å². The van der Waals surface area contributed by atoms with Crippen molar-refractivity contribution < 1.29 is 29.4 Å². The van der Waals surface area contributed by atoms with Crippen molar-refractivity contribution in [1.82, 2.24) is 16.0 Å². The van der Waals surface area contributed by atoms with Gasteiger partial charge in [0.1, 0.15) is 12.1 Å². The van der Waals surface area contributed by atoms with Gasteiger partial charge in [0.15, 0.2) is 6.04 Å². The summed E-state index contributed by atoms with van der Waals surface area (Å²) in [6.07, 6.45) is 2.99.